The summed E-state index contributed by atoms with van der Waals surface area (Å²) in [6.07, 6.45) is 1.43. The van der Waals surface area contributed by atoms with Gasteiger partial charge in [0.2, 0.25) is 5.09 Å². The van der Waals surface area contributed by atoms with Gasteiger partial charge in [-0.25, -0.2) is 4.21 Å². The maximum atomic E-state index is 10.3. The van der Waals surface area contributed by atoms with Gasteiger partial charge >= 0.3 is 0 Å². The van der Waals surface area contributed by atoms with Gasteiger partial charge in [-0.15, -0.1) is 0 Å². The number of hydrogen-bond acceptors (Lipinski definition) is 2. The van der Waals surface area contributed by atoms with Crippen LogP contribution in [-0.2, 0) is 10.0 Å². The Morgan fingerprint density at radius 1 is 1.75 bits per heavy atom. The highest BCUT2D eigenvalue weighted by molar-refractivity contribution is 8.08. The molecule has 0 aromatic carbocycles. The van der Waals surface area contributed by atoms with E-state index in [1.807, 2.05) is 0 Å². The fourth-order valence-electron chi connectivity index (χ4n) is 0.355. The van der Waals surface area contributed by atoms with Gasteiger partial charge in [-0.2, -0.15) is 0 Å². The topological polar surface area (TPSA) is 30.2 Å². The molecule has 4 heteroatoms. The van der Waals surface area contributed by atoms with E-state index in [2.05, 4.69) is 4.42 Å². The summed E-state index contributed by atoms with van der Waals surface area (Å²) in [6.45, 7) is 0. The molecule has 1 heterocycles. The average Bonchev–Trinajstić information content (AvgIpc) is 2.12. The summed E-state index contributed by atoms with van der Waals surface area (Å²) >= 11 is 0. The Morgan fingerprint density at radius 2 is 2.50 bits per heavy atom. The van der Waals surface area contributed by atoms with Gasteiger partial charge in [0.15, 0.2) is 10.0 Å². The minimum Gasteiger partial charge on any atom is -0.454 e. The van der Waals surface area contributed by atoms with Crippen LogP contribution in [0.2, 0.25) is 0 Å². The molecular formula is C4H3ClO2S. The minimum absolute atomic E-state index is 0.298. The minimum atomic E-state index is -1.49. The monoisotopic (exact) mass is 150 g/mol. The third kappa shape index (κ3) is 1.11. The molecule has 0 aliphatic heterocycles. The standard InChI is InChI=1S/C4H3ClO2S/c5-8(6)4-2-1-3-7-4/h1-3H. The van der Waals surface area contributed by atoms with Crippen LogP contribution in [0, 0.1) is 0 Å². The third-order valence-electron chi connectivity index (χ3n) is 0.653. The van der Waals surface area contributed by atoms with Gasteiger partial charge < -0.3 is 4.42 Å². The molecule has 0 N–H and O–H groups in total. The van der Waals surface area contributed by atoms with E-state index in [1.54, 1.807) is 12.1 Å². The summed E-state index contributed by atoms with van der Waals surface area (Å²) in [7, 11) is 3.63. The fourth-order valence-corrected chi connectivity index (χ4v) is 0.935. The molecule has 0 aliphatic rings. The van der Waals surface area contributed by atoms with E-state index in [-0.39, 0.29) is 0 Å². The normalized spacial score (nSPS) is 13.6. The zero-order chi connectivity index (χ0) is 5.98. The highest BCUT2D eigenvalue weighted by atomic mass is 35.7. The van der Waals surface area contributed by atoms with Gasteiger partial charge in [0, 0.05) is 0 Å². The molecule has 1 aromatic heterocycles. The van der Waals surface area contributed by atoms with Crippen molar-refractivity contribution in [1.82, 2.24) is 0 Å². The second-order valence-electron chi connectivity index (χ2n) is 1.16. The van der Waals surface area contributed by atoms with Crippen LogP contribution in [0.5, 0.6) is 0 Å². The summed E-state index contributed by atoms with van der Waals surface area (Å²) in [5, 5.41) is 0.298. The first kappa shape index (κ1) is 5.85. The molecule has 1 rings (SSSR count). The number of halogens is 1. The second kappa shape index (κ2) is 2.33. The predicted octanol–water partition coefficient (Wildman–Crippen LogP) is 1.54. The van der Waals surface area contributed by atoms with E-state index >= 15 is 0 Å². The average molecular weight is 151 g/mol. The predicted molar refractivity (Wildman–Crippen MR) is 31.0 cm³/mol. The molecule has 0 saturated carbocycles. The number of rotatable bonds is 1. The molecule has 1 unspecified atom stereocenters. The van der Waals surface area contributed by atoms with E-state index < -0.39 is 10.0 Å². The highest BCUT2D eigenvalue weighted by Crippen LogP contribution is 2.08. The van der Waals surface area contributed by atoms with Crippen molar-refractivity contribution in [3.63, 3.8) is 0 Å². The first-order chi connectivity index (χ1) is 3.80. The van der Waals surface area contributed by atoms with Crippen LogP contribution in [0.25, 0.3) is 0 Å². The van der Waals surface area contributed by atoms with Gasteiger partial charge in [-0.05, 0) is 22.8 Å². The lowest BCUT2D eigenvalue weighted by molar-refractivity contribution is 0.468. The van der Waals surface area contributed by atoms with Crippen LogP contribution in [0.3, 0.4) is 0 Å². The van der Waals surface area contributed by atoms with Crippen LogP contribution < -0.4 is 0 Å². The first-order valence-electron chi connectivity index (χ1n) is 1.92. The molecule has 0 spiro atoms. The zero-order valence-electron chi connectivity index (χ0n) is 3.83. The molecule has 1 aromatic rings. The molecule has 8 heavy (non-hydrogen) atoms. The molecule has 44 valence electrons. The summed E-state index contributed by atoms with van der Waals surface area (Å²) in [6, 6.07) is 3.19. The van der Waals surface area contributed by atoms with Crippen molar-refractivity contribution in [2.45, 2.75) is 5.09 Å². The zero-order valence-corrected chi connectivity index (χ0v) is 5.41. The van der Waals surface area contributed by atoms with Crippen molar-refractivity contribution in [2.24, 2.45) is 0 Å². The maximum Gasteiger partial charge on any atom is 0.205 e. The van der Waals surface area contributed by atoms with E-state index in [4.69, 9.17) is 10.7 Å². The molecule has 0 bridgehead atoms. The van der Waals surface area contributed by atoms with Gasteiger partial charge in [0.25, 0.3) is 0 Å². The highest BCUT2D eigenvalue weighted by Gasteiger charge is 1.98. The van der Waals surface area contributed by atoms with Crippen LogP contribution in [0.15, 0.2) is 27.9 Å². The second-order valence-corrected chi connectivity index (χ2v) is 2.85. The van der Waals surface area contributed by atoms with Crippen molar-refractivity contribution in [2.75, 3.05) is 0 Å². The van der Waals surface area contributed by atoms with E-state index in [0.29, 0.717) is 5.09 Å². The molecule has 2 nitrogen and oxygen atoms in total. The Labute approximate surface area is 53.4 Å². The molecule has 0 saturated heterocycles. The van der Waals surface area contributed by atoms with Crippen LogP contribution >= 0.6 is 10.7 Å². The van der Waals surface area contributed by atoms with Gasteiger partial charge in [0.1, 0.15) is 0 Å². The van der Waals surface area contributed by atoms with Gasteiger partial charge in [-0.1, -0.05) is 0 Å². The molecule has 1 atom stereocenters. The van der Waals surface area contributed by atoms with Crippen molar-refractivity contribution in [3.8, 4) is 0 Å². The lowest BCUT2D eigenvalue weighted by Gasteiger charge is -1.78. The van der Waals surface area contributed by atoms with E-state index in [0.717, 1.165) is 0 Å². The molecular weight excluding hydrogens is 148 g/mol. The molecule has 0 radical (unpaired) electrons. The quantitative estimate of drug-likeness (QED) is 0.569. The van der Waals surface area contributed by atoms with Crippen molar-refractivity contribution in [1.29, 1.82) is 0 Å². The van der Waals surface area contributed by atoms with Crippen LogP contribution in [0.1, 0.15) is 0 Å². The summed E-state index contributed by atoms with van der Waals surface area (Å²) < 4.78 is 15.0. The largest absolute Gasteiger partial charge is 0.454 e. The molecule has 0 fully saturated rings. The lowest BCUT2D eigenvalue weighted by atomic mass is 10.7. The van der Waals surface area contributed by atoms with Gasteiger partial charge in [-0.3, -0.25) is 0 Å². The SMILES string of the molecule is O=S(Cl)c1ccco1. The van der Waals surface area contributed by atoms with Crippen LogP contribution in [-0.4, -0.2) is 4.21 Å². The van der Waals surface area contributed by atoms with Crippen molar-refractivity contribution >= 4 is 20.7 Å². The van der Waals surface area contributed by atoms with Crippen molar-refractivity contribution < 1.29 is 8.63 Å². The molecule has 0 aliphatic carbocycles. The summed E-state index contributed by atoms with van der Waals surface area (Å²) in [5.74, 6) is 0. The maximum absolute atomic E-state index is 10.3. The van der Waals surface area contributed by atoms with E-state index in [1.165, 1.54) is 6.26 Å². The summed E-state index contributed by atoms with van der Waals surface area (Å²) in [5.41, 5.74) is 0. The lowest BCUT2D eigenvalue weighted by Crippen LogP contribution is -1.71. The molecule has 0 amide bonds. The Bertz CT molecular complexity index is 182. The smallest absolute Gasteiger partial charge is 0.205 e. The van der Waals surface area contributed by atoms with Crippen molar-refractivity contribution in [3.05, 3.63) is 18.4 Å². The Hall–Kier alpha value is -0.280. The Balaban J connectivity index is 2.93. The van der Waals surface area contributed by atoms with Gasteiger partial charge in [0.05, 0.1) is 6.26 Å². The Kier molecular flexibility index (Phi) is 1.70. The fraction of sp³-hybridized carbons (Fsp3) is 0. The Morgan fingerprint density at radius 3 is 2.75 bits per heavy atom. The number of furan rings is 1. The first-order valence-corrected chi connectivity index (χ1v) is 3.90. The number of hydrogen-bond donors (Lipinski definition) is 0. The van der Waals surface area contributed by atoms with Crippen LogP contribution in [0.4, 0.5) is 0 Å². The summed E-state index contributed by atoms with van der Waals surface area (Å²) in [4.78, 5) is 0. The van der Waals surface area contributed by atoms with E-state index in [9.17, 15) is 4.21 Å². The third-order valence-corrected chi connectivity index (χ3v) is 1.66.